The summed E-state index contributed by atoms with van der Waals surface area (Å²) in [4.78, 5) is 2.23. The third-order valence-corrected chi connectivity index (χ3v) is 3.33. The van der Waals surface area contributed by atoms with Crippen molar-refractivity contribution in [2.75, 3.05) is 13.6 Å². The van der Waals surface area contributed by atoms with Gasteiger partial charge in [0.15, 0.2) is 0 Å². The van der Waals surface area contributed by atoms with Crippen molar-refractivity contribution >= 4 is 0 Å². The first kappa shape index (κ1) is 13.8. The molecule has 0 bridgehead atoms. The summed E-state index contributed by atoms with van der Waals surface area (Å²) >= 11 is 0. The van der Waals surface area contributed by atoms with Crippen LogP contribution in [-0.2, 0) is 6.54 Å². The Morgan fingerprint density at radius 1 is 1.21 bits per heavy atom. The van der Waals surface area contributed by atoms with Crippen molar-refractivity contribution in [1.29, 1.82) is 0 Å². The average molecular weight is 258 g/mol. The minimum atomic E-state index is 0.0969. The van der Waals surface area contributed by atoms with Crippen molar-refractivity contribution in [2.24, 2.45) is 5.73 Å². The summed E-state index contributed by atoms with van der Waals surface area (Å²) in [6, 6.07) is 12.5. The third kappa shape index (κ3) is 4.23. The van der Waals surface area contributed by atoms with Gasteiger partial charge < -0.3 is 10.2 Å². The molecule has 1 unspecified atom stereocenters. The van der Waals surface area contributed by atoms with Gasteiger partial charge in [-0.15, -0.1) is 0 Å². The molecule has 2 rings (SSSR count). The second-order valence-corrected chi connectivity index (χ2v) is 5.12. The fraction of sp³-hybridized carbons (Fsp3) is 0.375. The van der Waals surface area contributed by atoms with E-state index in [0.29, 0.717) is 0 Å². The zero-order chi connectivity index (χ0) is 13.7. The Morgan fingerprint density at radius 2 is 1.95 bits per heavy atom. The van der Waals surface area contributed by atoms with Gasteiger partial charge in [0, 0.05) is 12.6 Å². The number of benzene rings is 1. The highest BCUT2D eigenvalue weighted by atomic mass is 16.3. The maximum absolute atomic E-state index is 6.22. The van der Waals surface area contributed by atoms with Crippen LogP contribution in [0.15, 0.2) is 47.1 Å². The molecule has 0 saturated carbocycles. The van der Waals surface area contributed by atoms with Gasteiger partial charge >= 0.3 is 0 Å². The number of furan rings is 1. The molecule has 0 fully saturated rings. The normalized spacial score (nSPS) is 12.8. The van der Waals surface area contributed by atoms with E-state index >= 15 is 0 Å². The SMILES string of the molecule is Cc1ccc(C(N)CCN(C)Cc2ccco2)cc1. The molecule has 0 radical (unpaired) electrons. The maximum Gasteiger partial charge on any atom is 0.117 e. The van der Waals surface area contributed by atoms with E-state index in [0.717, 1.165) is 25.3 Å². The molecule has 3 nitrogen and oxygen atoms in total. The van der Waals surface area contributed by atoms with Crippen molar-refractivity contribution in [2.45, 2.75) is 25.9 Å². The summed E-state index contributed by atoms with van der Waals surface area (Å²) in [6.07, 6.45) is 2.65. The van der Waals surface area contributed by atoms with Crippen LogP contribution in [0.2, 0.25) is 0 Å². The summed E-state index contributed by atoms with van der Waals surface area (Å²) in [5.41, 5.74) is 8.69. The van der Waals surface area contributed by atoms with Crippen molar-refractivity contribution < 1.29 is 4.42 Å². The highest BCUT2D eigenvalue weighted by molar-refractivity contribution is 5.23. The van der Waals surface area contributed by atoms with E-state index in [-0.39, 0.29) is 6.04 Å². The van der Waals surface area contributed by atoms with Gasteiger partial charge in [0.1, 0.15) is 5.76 Å². The predicted molar refractivity (Wildman–Crippen MR) is 77.8 cm³/mol. The Bertz CT molecular complexity index is 476. The standard InChI is InChI=1S/C16H22N2O/c1-13-5-7-14(8-6-13)16(17)9-10-18(2)12-15-4-3-11-19-15/h3-8,11,16H,9-10,12,17H2,1-2H3. The van der Waals surface area contributed by atoms with E-state index in [1.807, 2.05) is 12.1 Å². The number of hydrogen-bond donors (Lipinski definition) is 1. The molecule has 2 aromatic rings. The predicted octanol–water partition coefficient (Wildman–Crippen LogP) is 3.11. The number of nitrogens with two attached hydrogens (primary N) is 1. The summed E-state index contributed by atoms with van der Waals surface area (Å²) in [7, 11) is 2.09. The van der Waals surface area contributed by atoms with Gasteiger partial charge in [0.2, 0.25) is 0 Å². The number of aryl methyl sites for hydroxylation is 1. The Labute approximate surface area is 115 Å². The second kappa shape index (κ2) is 6.55. The van der Waals surface area contributed by atoms with Gasteiger partial charge in [-0.05, 0) is 38.1 Å². The van der Waals surface area contributed by atoms with Crippen LogP contribution in [0.5, 0.6) is 0 Å². The molecular formula is C16H22N2O. The summed E-state index contributed by atoms with van der Waals surface area (Å²) in [5.74, 6) is 0.992. The second-order valence-electron chi connectivity index (χ2n) is 5.12. The molecule has 0 aliphatic rings. The van der Waals surface area contributed by atoms with E-state index in [1.54, 1.807) is 6.26 Å². The largest absolute Gasteiger partial charge is 0.468 e. The molecule has 3 heteroatoms. The first-order valence-corrected chi connectivity index (χ1v) is 6.68. The first-order chi connectivity index (χ1) is 9.15. The van der Waals surface area contributed by atoms with Gasteiger partial charge in [-0.2, -0.15) is 0 Å². The lowest BCUT2D eigenvalue weighted by molar-refractivity contribution is 0.284. The summed E-state index contributed by atoms with van der Waals surface area (Å²) in [6.45, 7) is 3.87. The molecule has 1 aromatic heterocycles. The smallest absolute Gasteiger partial charge is 0.117 e. The van der Waals surface area contributed by atoms with Gasteiger partial charge in [0.25, 0.3) is 0 Å². The Hall–Kier alpha value is -1.58. The van der Waals surface area contributed by atoms with Crippen molar-refractivity contribution in [3.8, 4) is 0 Å². The third-order valence-electron chi connectivity index (χ3n) is 3.33. The van der Waals surface area contributed by atoms with Crippen LogP contribution >= 0.6 is 0 Å². The quantitative estimate of drug-likeness (QED) is 0.865. The van der Waals surface area contributed by atoms with Crippen LogP contribution in [-0.4, -0.2) is 18.5 Å². The number of nitrogens with zero attached hydrogens (tertiary/aromatic N) is 1. The molecule has 1 heterocycles. The van der Waals surface area contributed by atoms with E-state index in [9.17, 15) is 0 Å². The fourth-order valence-electron chi connectivity index (χ4n) is 2.09. The molecule has 1 aromatic carbocycles. The molecule has 0 aliphatic carbocycles. The van der Waals surface area contributed by atoms with Crippen LogP contribution in [0.25, 0.3) is 0 Å². The Kier molecular flexibility index (Phi) is 4.77. The molecule has 0 aliphatic heterocycles. The molecule has 0 spiro atoms. The van der Waals surface area contributed by atoms with Crippen molar-refractivity contribution in [1.82, 2.24) is 4.90 Å². The van der Waals surface area contributed by atoms with Gasteiger partial charge in [-0.1, -0.05) is 29.8 Å². The lowest BCUT2D eigenvalue weighted by atomic mass is 10.0. The number of hydrogen-bond acceptors (Lipinski definition) is 3. The number of rotatable bonds is 6. The van der Waals surface area contributed by atoms with E-state index in [1.165, 1.54) is 11.1 Å². The highest BCUT2D eigenvalue weighted by Gasteiger charge is 2.08. The zero-order valence-electron chi connectivity index (χ0n) is 11.7. The van der Waals surface area contributed by atoms with Crippen molar-refractivity contribution in [3.63, 3.8) is 0 Å². The molecule has 1 atom stereocenters. The Morgan fingerprint density at radius 3 is 2.58 bits per heavy atom. The molecule has 19 heavy (non-hydrogen) atoms. The van der Waals surface area contributed by atoms with Crippen LogP contribution in [0.3, 0.4) is 0 Å². The topological polar surface area (TPSA) is 42.4 Å². The lowest BCUT2D eigenvalue weighted by Gasteiger charge is -2.18. The lowest BCUT2D eigenvalue weighted by Crippen LogP contribution is -2.23. The van der Waals surface area contributed by atoms with Crippen LogP contribution < -0.4 is 5.73 Å². The minimum Gasteiger partial charge on any atom is -0.468 e. The molecule has 0 saturated heterocycles. The fourth-order valence-corrected chi connectivity index (χ4v) is 2.09. The average Bonchev–Trinajstić information content (AvgIpc) is 2.89. The van der Waals surface area contributed by atoms with E-state index < -0.39 is 0 Å². The van der Waals surface area contributed by atoms with Gasteiger partial charge in [-0.25, -0.2) is 0 Å². The molecule has 102 valence electrons. The van der Waals surface area contributed by atoms with E-state index in [2.05, 4.69) is 43.1 Å². The molecular weight excluding hydrogens is 236 g/mol. The van der Waals surface area contributed by atoms with Gasteiger partial charge in [0.05, 0.1) is 12.8 Å². The van der Waals surface area contributed by atoms with E-state index in [4.69, 9.17) is 10.2 Å². The summed E-state index contributed by atoms with van der Waals surface area (Å²) in [5, 5.41) is 0. The van der Waals surface area contributed by atoms with Crippen LogP contribution in [0, 0.1) is 6.92 Å². The zero-order valence-corrected chi connectivity index (χ0v) is 11.7. The molecule has 2 N–H and O–H groups in total. The highest BCUT2D eigenvalue weighted by Crippen LogP contribution is 2.15. The molecule has 0 amide bonds. The van der Waals surface area contributed by atoms with Crippen LogP contribution in [0.4, 0.5) is 0 Å². The van der Waals surface area contributed by atoms with Gasteiger partial charge in [-0.3, -0.25) is 4.90 Å². The monoisotopic (exact) mass is 258 g/mol. The first-order valence-electron chi connectivity index (χ1n) is 6.68. The Balaban J connectivity index is 1.79. The summed E-state index contributed by atoms with van der Waals surface area (Å²) < 4.78 is 5.34. The minimum absolute atomic E-state index is 0.0969. The van der Waals surface area contributed by atoms with Crippen molar-refractivity contribution in [3.05, 3.63) is 59.5 Å². The maximum atomic E-state index is 6.22. The van der Waals surface area contributed by atoms with Crippen LogP contribution in [0.1, 0.15) is 29.3 Å².